The van der Waals surface area contributed by atoms with Gasteiger partial charge in [-0.2, -0.15) is 0 Å². The van der Waals surface area contributed by atoms with Crippen molar-refractivity contribution in [2.45, 2.75) is 322 Å². The normalized spacial score (nSPS) is 14.9. The van der Waals surface area contributed by atoms with Crippen LogP contribution < -0.4 is 0 Å². The average molecular weight is 1590 g/mol. The van der Waals surface area contributed by atoms with E-state index in [9.17, 15) is 43.5 Å². The van der Waals surface area contributed by atoms with Gasteiger partial charge in [-0.05, 0) is 167 Å². The summed E-state index contributed by atoms with van der Waals surface area (Å²) in [6.45, 7) is 2.27. The Labute approximate surface area is 673 Å². The molecule has 0 spiro atoms. The van der Waals surface area contributed by atoms with Crippen molar-refractivity contribution in [3.63, 3.8) is 0 Å². The lowest BCUT2D eigenvalue weighted by molar-refractivity contribution is -0.161. The van der Waals surface area contributed by atoms with Crippen LogP contribution in [0.5, 0.6) is 0 Å². The van der Waals surface area contributed by atoms with Crippen LogP contribution in [0.25, 0.3) is 0 Å². The van der Waals surface area contributed by atoms with Crippen molar-refractivity contribution in [3.05, 3.63) is 207 Å². The minimum absolute atomic E-state index is 0.0400. The number of aliphatic hydroxyl groups is 2. The number of phosphoric ester groups is 2. The highest BCUT2D eigenvalue weighted by atomic mass is 31.2. The second-order valence-corrected chi connectivity index (χ2v) is 30.4. The SMILES string of the molecule is CC/C=C\C/C=C\C/C=C\C/C=C\C/C=C\C/C=C\CCCCCCCCCCCCC(=O)OCC(O)COP(=O)(O)OCC(O)COP(=O)(O)OCC(COC(=O)CCCCCCCCCCC/C=C\C/C=C\C/C=C\C/C=C\C/C=C\CC)OC(=O)CCCC/C=C\C/C=C\C/C=C\C/C=C\C/C=C\C/C=C\CC. The van der Waals surface area contributed by atoms with Gasteiger partial charge in [0.15, 0.2) is 6.10 Å². The number of unbranched alkanes of at least 4 members (excludes halogenated alkanes) is 21. The molecule has 111 heavy (non-hydrogen) atoms. The molecule has 0 aliphatic carbocycles. The minimum Gasteiger partial charge on any atom is -0.463 e. The monoisotopic (exact) mass is 1590 g/mol. The van der Waals surface area contributed by atoms with Gasteiger partial charge in [-0.1, -0.05) is 324 Å². The first-order chi connectivity index (χ1) is 54.2. The number of phosphoric acid groups is 2. The molecule has 0 aromatic heterocycles. The molecule has 0 amide bonds. The van der Waals surface area contributed by atoms with E-state index in [0.29, 0.717) is 25.7 Å². The van der Waals surface area contributed by atoms with Gasteiger partial charge in [-0.3, -0.25) is 32.5 Å². The van der Waals surface area contributed by atoms with E-state index >= 15 is 0 Å². The number of carbonyl (C=O) groups excluding carboxylic acids is 3. The number of esters is 3. The molecule has 5 atom stereocenters. The summed E-state index contributed by atoms with van der Waals surface area (Å²) in [5.41, 5.74) is 0. The van der Waals surface area contributed by atoms with Crippen LogP contribution in [0.4, 0.5) is 0 Å². The van der Waals surface area contributed by atoms with Crippen molar-refractivity contribution < 1.29 is 75.8 Å². The standard InChI is InChI=1S/C93H150O16P2/c1-4-7-10-13-16-19-22-25-28-31-34-37-39-41-42-43-44-46-48-50-52-55-58-61-64-67-70-73-76-79-91(96)103-82-88(94)83-105-110(99,100)106-84-89(95)85-107-111(101,102)108-87-90(109-93(98)81-78-75-72-69-66-63-60-57-54-49-36-33-30-27-24-21-18-15-12-9-6-3)86-104-92(97)80-77-74-71-68-65-62-59-56-53-51-47-45-40-38-35-32-29-26-23-20-17-14-11-8-5-2/h7-12,16-21,25-30,34-38,41-42,44-47,49,57,60,66,69,88-90,94-95H,4-6,13-15,22-24,31-33,39-40,43,48,50-56,58-59,61-65,67-68,70-87H2,1-3H3,(H,99,100)(H,101,102)/b10-7-,11-8-,12-9-,19-16-,20-17-,21-18-,28-25-,29-26-,30-27-,37-34-,38-35-,42-41-,46-44-,47-45-,49-36-,60-57-,69-66-. The highest BCUT2D eigenvalue weighted by Crippen LogP contribution is 2.45. The molecule has 0 heterocycles. The quantitative estimate of drug-likeness (QED) is 0.0146. The number of hydrogen-bond acceptors (Lipinski definition) is 14. The predicted molar refractivity (Wildman–Crippen MR) is 463 cm³/mol. The van der Waals surface area contributed by atoms with Gasteiger partial charge in [-0.25, -0.2) is 9.13 Å². The summed E-state index contributed by atoms with van der Waals surface area (Å²) in [6, 6.07) is 0. The van der Waals surface area contributed by atoms with Crippen LogP contribution in [-0.2, 0) is 55.8 Å². The van der Waals surface area contributed by atoms with Gasteiger partial charge >= 0.3 is 33.6 Å². The lowest BCUT2D eigenvalue weighted by atomic mass is 10.1. The lowest BCUT2D eigenvalue weighted by Crippen LogP contribution is -2.30. The van der Waals surface area contributed by atoms with Gasteiger partial charge in [-0.15, -0.1) is 0 Å². The molecule has 628 valence electrons. The first-order valence-electron chi connectivity index (χ1n) is 42.4. The first kappa shape index (κ1) is 105. The Morgan fingerprint density at radius 3 is 0.730 bits per heavy atom. The van der Waals surface area contributed by atoms with Crippen LogP contribution in [-0.4, -0.2) is 95.9 Å². The Bertz CT molecular complexity index is 2850. The molecule has 0 aliphatic heterocycles. The van der Waals surface area contributed by atoms with Crippen molar-refractivity contribution >= 4 is 33.6 Å². The Hall–Kier alpha value is -5.87. The predicted octanol–water partition coefficient (Wildman–Crippen LogP) is 25.7. The minimum atomic E-state index is -4.96. The van der Waals surface area contributed by atoms with Crippen molar-refractivity contribution in [1.29, 1.82) is 0 Å². The molecule has 0 radical (unpaired) electrons. The molecule has 0 aliphatic rings. The smallest absolute Gasteiger partial charge is 0.463 e. The maximum absolute atomic E-state index is 13.0. The summed E-state index contributed by atoms with van der Waals surface area (Å²) in [5.74, 6) is -1.65. The van der Waals surface area contributed by atoms with Crippen molar-refractivity contribution in [3.8, 4) is 0 Å². The van der Waals surface area contributed by atoms with E-state index in [1.165, 1.54) is 57.8 Å². The Balaban J connectivity index is 4.70. The second-order valence-electron chi connectivity index (χ2n) is 27.5. The van der Waals surface area contributed by atoms with E-state index in [0.717, 1.165) is 180 Å². The van der Waals surface area contributed by atoms with E-state index in [1.807, 2.05) is 0 Å². The Morgan fingerprint density at radius 1 is 0.252 bits per heavy atom. The fourth-order valence-electron chi connectivity index (χ4n) is 10.7. The third kappa shape index (κ3) is 84.9. The van der Waals surface area contributed by atoms with Gasteiger partial charge in [0.2, 0.25) is 0 Å². The lowest BCUT2D eigenvalue weighted by Gasteiger charge is -2.21. The van der Waals surface area contributed by atoms with Crippen LogP contribution in [0.1, 0.15) is 303 Å². The van der Waals surface area contributed by atoms with Crippen LogP contribution in [0.2, 0.25) is 0 Å². The molecule has 16 nitrogen and oxygen atoms in total. The number of ether oxygens (including phenoxy) is 3. The molecule has 18 heteroatoms. The number of hydrogen-bond donors (Lipinski definition) is 4. The Kier molecular flexibility index (Phi) is 79.1. The molecular weight excluding hydrogens is 1430 g/mol. The number of allylic oxidation sites excluding steroid dienone is 34. The summed E-state index contributed by atoms with van der Waals surface area (Å²) in [6.07, 6.45) is 111. The molecule has 0 saturated carbocycles. The van der Waals surface area contributed by atoms with Crippen LogP contribution >= 0.6 is 15.6 Å². The molecule has 0 aromatic carbocycles. The van der Waals surface area contributed by atoms with Gasteiger partial charge in [0.25, 0.3) is 0 Å². The first-order valence-corrected chi connectivity index (χ1v) is 45.4. The maximum atomic E-state index is 13.0. The summed E-state index contributed by atoms with van der Waals surface area (Å²) >= 11 is 0. The molecule has 0 saturated heterocycles. The molecule has 0 fully saturated rings. The molecule has 0 aromatic rings. The van der Waals surface area contributed by atoms with Gasteiger partial charge < -0.3 is 34.2 Å². The van der Waals surface area contributed by atoms with E-state index in [2.05, 4.69) is 227 Å². The Morgan fingerprint density at radius 2 is 0.450 bits per heavy atom. The van der Waals surface area contributed by atoms with Gasteiger partial charge in [0, 0.05) is 19.3 Å². The van der Waals surface area contributed by atoms with Crippen LogP contribution in [0, 0.1) is 0 Å². The van der Waals surface area contributed by atoms with E-state index in [-0.39, 0.29) is 19.3 Å². The fraction of sp³-hybridized carbons (Fsp3) is 0.602. The number of aliphatic hydroxyl groups excluding tert-OH is 2. The van der Waals surface area contributed by atoms with Crippen molar-refractivity contribution in [2.75, 3.05) is 39.6 Å². The maximum Gasteiger partial charge on any atom is 0.472 e. The largest absolute Gasteiger partial charge is 0.472 e. The highest BCUT2D eigenvalue weighted by molar-refractivity contribution is 7.47. The van der Waals surface area contributed by atoms with Crippen LogP contribution in [0.15, 0.2) is 207 Å². The molecule has 0 rings (SSSR count). The summed E-state index contributed by atoms with van der Waals surface area (Å²) in [5, 5.41) is 20.7. The average Bonchev–Trinajstić information content (AvgIpc) is 0.898. The van der Waals surface area contributed by atoms with Gasteiger partial charge in [0.05, 0.1) is 26.4 Å². The zero-order chi connectivity index (χ0) is 80.8. The van der Waals surface area contributed by atoms with E-state index in [4.69, 9.17) is 32.3 Å². The van der Waals surface area contributed by atoms with E-state index in [1.54, 1.807) is 0 Å². The van der Waals surface area contributed by atoms with E-state index < -0.39 is 91.5 Å². The summed E-state index contributed by atoms with van der Waals surface area (Å²) in [4.78, 5) is 58.9. The topological polar surface area (TPSA) is 231 Å². The summed E-state index contributed by atoms with van der Waals surface area (Å²) in [7, 11) is -9.84. The van der Waals surface area contributed by atoms with Crippen molar-refractivity contribution in [1.82, 2.24) is 0 Å². The molecule has 0 bridgehead atoms. The fourth-order valence-corrected chi connectivity index (χ4v) is 12.2. The molecule has 4 N–H and O–H groups in total. The zero-order valence-electron chi connectivity index (χ0n) is 68.8. The second kappa shape index (κ2) is 83.6. The van der Waals surface area contributed by atoms with Crippen LogP contribution in [0.3, 0.4) is 0 Å². The third-order valence-electron chi connectivity index (χ3n) is 17.0. The third-order valence-corrected chi connectivity index (χ3v) is 18.9. The zero-order valence-corrected chi connectivity index (χ0v) is 70.6. The van der Waals surface area contributed by atoms with Crippen molar-refractivity contribution in [2.24, 2.45) is 0 Å². The molecular formula is C93H150O16P2. The molecule has 5 unspecified atom stereocenters. The summed E-state index contributed by atoms with van der Waals surface area (Å²) < 4.78 is 61.3. The highest BCUT2D eigenvalue weighted by Gasteiger charge is 2.29. The van der Waals surface area contributed by atoms with Gasteiger partial charge in [0.1, 0.15) is 25.4 Å². The number of rotatable bonds is 78. The number of carbonyl (C=O) groups is 3.